The smallest absolute Gasteiger partial charge is 0.495 e. The van der Waals surface area contributed by atoms with Gasteiger partial charge in [-0.1, -0.05) is 23.7 Å². The Morgan fingerprint density at radius 1 is 1.18 bits per heavy atom. The molecule has 0 aliphatic carbocycles. The van der Waals surface area contributed by atoms with Gasteiger partial charge in [0, 0.05) is 24.5 Å². The minimum absolute atomic E-state index is 0.207. The van der Waals surface area contributed by atoms with E-state index in [1.54, 1.807) is 30.3 Å². The number of ether oxygens (including phenoxy) is 2. The van der Waals surface area contributed by atoms with E-state index >= 15 is 0 Å². The molecule has 0 aliphatic rings. The molecule has 28 heavy (non-hydrogen) atoms. The SMILES string of the molecule is COc1ccc(Cl)cc1NC(=O)CCN(C)Cc1ccc(OC(F)(F)F)cc1. The molecule has 0 heterocycles. The first-order valence-electron chi connectivity index (χ1n) is 8.33. The summed E-state index contributed by atoms with van der Waals surface area (Å²) >= 11 is 5.94. The molecule has 2 aromatic rings. The lowest BCUT2D eigenvalue weighted by molar-refractivity contribution is -0.274. The van der Waals surface area contributed by atoms with Gasteiger partial charge in [0.2, 0.25) is 5.91 Å². The second kappa shape index (κ2) is 9.66. The molecular weight excluding hydrogens is 397 g/mol. The summed E-state index contributed by atoms with van der Waals surface area (Å²) in [6.07, 6.45) is -4.49. The van der Waals surface area contributed by atoms with Crippen LogP contribution in [0.2, 0.25) is 5.02 Å². The van der Waals surface area contributed by atoms with Crippen molar-refractivity contribution in [3.8, 4) is 11.5 Å². The maximum absolute atomic E-state index is 12.2. The van der Waals surface area contributed by atoms with Crippen molar-refractivity contribution in [2.75, 3.05) is 26.0 Å². The third kappa shape index (κ3) is 7.28. The molecule has 2 rings (SSSR count). The number of carbonyl (C=O) groups excluding carboxylic acids is 1. The summed E-state index contributed by atoms with van der Waals surface area (Å²) < 4.78 is 45.5. The van der Waals surface area contributed by atoms with Crippen LogP contribution in [0, 0.1) is 0 Å². The van der Waals surface area contributed by atoms with Crippen LogP contribution < -0.4 is 14.8 Å². The third-order valence-corrected chi connectivity index (χ3v) is 4.00. The summed E-state index contributed by atoms with van der Waals surface area (Å²) in [5.74, 6) is 0.0300. The van der Waals surface area contributed by atoms with Gasteiger partial charge >= 0.3 is 6.36 Å². The normalized spacial score (nSPS) is 11.4. The number of benzene rings is 2. The largest absolute Gasteiger partial charge is 0.573 e. The van der Waals surface area contributed by atoms with Crippen LogP contribution in [0.1, 0.15) is 12.0 Å². The number of nitrogens with zero attached hydrogens (tertiary/aromatic N) is 1. The molecule has 2 aromatic carbocycles. The Morgan fingerprint density at radius 2 is 1.86 bits per heavy atom. The molecular formula is C19H20ClF3N2O3. The number of methoxy groups -OCH3 is 1. The summed E-state index contributed by atoms with van der Waals surface area (Å²) in [5, 5.41) is 3.23. The Balaban J connectivity index is 1.83. The fourth-order valence-electron chi connectivity index (χ4n) is 2.47. The van der Waals surface area contributed by atoms with Crippen LogP contribution in [0.5, 0.6) is 11.5 Å². The van der Waals surface area contributed by atoms with Gasteiger partial charge in [0.25, 0.3) is 0 Å². The number of amides is 1. The molecule has 0 radical (unpaired) electrons. The Kier molecular flexibility index (Phi) is 7.53. The van der Waals surface area contributed by atoms with Crippen LogP contribution in [0.15, 0.2) is 42.5 Å². The van der Waals surface area contributed by atoms with Crippen LogP contribution >= 0.6 is 11.6 Å². The summed E-state index contributed by atoms with van der Waals surface area (Å²) in [4.78, 5) is 14.1. The predicted molar refractivity (Wildman–Crippen MR) is 101 cm³/mol. The van der Waals surface area contributed by atoms with Crippen LogP contribution in [-0.2, 0) is 11.3 Å². The molecule has 0 saturated carbocycles. The van der Waals surface area contributed by atoms with Crippen LogP contribution in [0.25, 0.3) is 0 Å². The van der Waals surface area contributed by atoms with E-state index in [9.17, 15) is 18.0 Å². The highest BCUT2D eigenvalue weighted by Crippen LogP contribution is 2.27. The highest BCUT2D eigenvalue weighted by Gasteiger charge is 2.30. The number of nitrogens with one attached hydrogen (secondary N) is 1. The molecule has 152 valence electrons. The summed E-state index contributed by atoms with van der Waals surface area (Å²) in [5.41, 5.74) is 1.29. The second-order valence-electron chi connectivity index (χ2n) is 6.07. The Labute approximate surface area is 166 Å². The maximum Gasteiger partial charge on any atom is 0.573 e. The van der Waals surface area contributed by atoms with E-state index in [1.165, 1.54) is 19.2 Å². The molecule has 1 amide bonds. The van der Waals surface area contributed by atoms with Crippen molar-refractivity contribution >= 4 is 23.2 Å². The van der Waals surface area contributed by atoms with Crippen molar-refractivity contribution in [3.05, 3.63) is 53.1 Å². The van der Waals surface area contributed by atoms with E-state index < -0.39 is 6.36 Å². The van der Waals surface area contributed by atoms with Crippen molar-refractivity contribution in [3.63, 3.8) is 0 Å². The number of rotatable bonds is 8. The average Bonchev–Trinajstić information content (AvgIpc) is 2.61. The predicted octanol–water partition coefficient (Wildman–Crippen LogP) is 4.71. The number of alkyl halides is 3. The molecule has 0 bridgehead atoms. The van der Waals surface area contributed by atoms with Gasteiger partial charge in [-0.05, 0) is 42.9 Å². The minimum atomic E-state index is -4.71. The van der Waals surface area contributed by atoms with Gasteiger partial charge in [-0.25, -0.2) is 0 Å². The molecule has 0 aromatic heterocycles. The van der Waals surface area contributed by atoms with Crippen molar-refractivity contribution < 1.29 is 27.4 Å². The van der Waals surface area contributed by atoms with E-state index in [0.29, 0.717) is 29.5 Å². The van der Waals surface area contributed by atoms with Crippen molar-refractivity contribution in [1.29, 1.82) is 0 Å². The topological polar surface area (TPSA) is 50.8 Å². The number of hydrogen-bond acceptors (Lipinski definition) is 4. The number of anilines is 1. The van der Waals surface area contributed by atoms with Gasteiger partial charge in [-0.2, -0.15) is 0 Å². The zero-order valence-electron chi connectivity index (χ0n) is 15.3. The Bertz CT molecular complexity index is 798. The van der Waals surface area contributed by atoms with Gasteiger partial charge < -0.3 is 19.7 Å². The van der Waals surface area contributed by atoms with Crippen molar-refractivity contribution in [2.45, 2.75) is 19.3 Å². The quantitative estimate of drug-likeness (QED) is 0.677. The molecule has 0 aliphatic heterocycles. The summed E-state index contributed by atoms with van der Waals surface area (Å²) in [6.45, 7) is 0.926. The highest BCUT2D eigenvalue weighted by molar-refractivity contribution is 6.31. The first kappa shape index (κ1) is 21.8. The van der Waals surface area contributed by atoms with E-state index in [0.717, 1.165) is 5.56 Å². The molecule has 5 nitrogen and oxygen atoms in total. The van der Waals surface area contributed by atoms with Crippen LogP contribution in [0.4, 0.5) is 18.9 Å². The van der Waals surface area contributed by atoms with Crippen molar-refractivity contribution in [2.24, 2.45) is 0 Å². The first-order valence-corrected chi connectivity index (χ1v) is 8.70. The summed E-state index contributed by atoms with van der Waals surface area (Å²) in [7, 11) is 3.31. The van der Waals surface area contributed by atoms with Crippen molar-refractivity contribution in [1.82, 2.24) is 4.90 Å². The van der Waals surface area contributed by atoms with E-state index in [-0.39, 0.29) is 18.1 Å². The van der Waals surface area contributed by atoms with Gasteiger partial charge in [0.15, 0.2) is 0 Å². The van der Waals surface area contributed by atoms with Gasteiger partial charge in [-0.3, -0.25) is 4.79 Å². The standard InChI is InChI=1S/C19H20ClF3N2O3/c1-25(12-13-3-6-15(7-4-13)28-19(21,22)23)10-9-18(26)24-16-11-14(20)5-8-17(16)27-2/h3-8,11H,9-10,12H2,1-2H3,(H,24,26). The fourth-order valence-corrected chi connectivity index (χ4v) is 2.64. The zero-order chi connectivity index (χ0) is 20.7. The van der Waals surface area contributed by atoms with Gasteiger partial charge in [-0.15, -0.1) is 13.2 Å². The summed E-state index contributed by atoms with van der Waals surface area (Å²) in [6, 6.07) is 10.5. The van der Waals surface area contributed by atoms with Crippen LogP contribution in [0.3, 0.4) is 0 Å². The van der Waals surface area contributed by atoms with Gasteiger partial charge in [0.1, 0.15) is 11.5 Å². The molecule has 0 saturated heterocycles. The molecule has 0 unspecified atom stereocenters. The average molecular weight is 417 g/mol. The molecule has 0 spiro atoms. The first-order chi connectivity index (χ1) is 13.2. The lowest BCUT2D eigenvalue weighted by Crippen LogP contribution is -2.24. The highest BCUT2D eigenvalue weighted by atomic mass is 35.5. The molecule has 9 heteroatoms. The zero-order valence-corrected chi connectivity index (χ0v) is 16.1. The lowest BCUT2D eigenvalue weighted by Gasteiger charge is -2.17. The number of carbonyl (C=O) groups is 1. The second-order valence-corrected chi connectivity index (χ2v) is 6.51. The Morgan fingerprint density at radius 3 is 2.46 bits per heavy atom. The fraction of sp³-hybridized carbons (Fsp3) is 0.316. The minimum Gasteiger partial charge on any atom is -0.495 e. The van der Waals surface area contributed by atoms with E-state index in [4.69, 9.17) is 16.3 Å². The number of hydrogen-bond donors (Lipinski definition) is 1. The maximum atomic E-state index is 12.2. The lowest BCUT2D eigenvalue weighted by atomic mass is 10.2. The molecule has 0 fully saturated rings. The van der Waals surface area contributed by atoms with Gasteiger partial charge in [0.05, 0.1) is 12.8 Å². The van der Waals surface area contributed by atoms with Crippen LogP contribution in [-0.4, -0.2) is 37.9 Å². The van der Waals surface area contributed by atoms with E-state index in [1.807, 2.05) is 11.9 Å². The molecule has 1 N–H and O–H groups in total. The van der Waals surface area contributed by atoms with E-state index in [2.05, 4.69) is 10.1 Å². The third-order valence-electron chi connectivity index (χ3n) is 3.77. The monoisotopic (exact) mass is 416 g/mol. The number of halogens is 4. The molecule has 0 atom stereocenters. The Hall–Kier alpha value is -2.45.